The first-order valence-electron chi connectivity index (χ1n) is 9.67. The van der Waals surface area contributed by atoms with Crippen LogP contribution in [0.5, 0.6) is 5.75 Å². The number of aromatic nitrogens is 4. The van der Waals surface area contributed by atoms with Crippen LogP contribution in [0.25, 0.3) is 16.5 Å². The molecule has 0 aliphatic carbocycles. The number of hydrogen-bond acceptors (Lipinski definition) is 6. The lowest BCUT2D eigenvalue weighted by molar-refractivity contribution is 0.336. The molecule has 0 saturated carbocycles. The molecule has 30 heavy (non-hydrogen) atoms. The van der Waals surface area contributed by atoms with Gasteiger partial charge in [-0.3, -0.25) is 0 Å². The van der Waals surface area contributed by atoms with Crippen LogP contribution in [-0.4, -0.2) is 39.1 Å². The molecule has 4 aromatic rings. The molecule has 0 radical (unpaired) electrons. The van der Waals surface area contributed by atoms with Crippen LogP contribution >= 0.6 is 24.2 Å². The predicted octanol–water partition coefficient (Wildman–Crippen LogP) is 4.52. The molecule has 3 aromatic carbocycles. The van der Waals surface area contributed by atoms with Crippen molar-refractivity contribution in [2.24, 2.45) is 0 Å². The normalized spacial score (nSPS) is 10.7. The van der Waals surface area contributed by atoms with E-state index in [-0.39, 0.29) is 12.4 Å². The molecule has 156 valence electrons. The van der Waals surface area contributed by atoms with Crippen LogP contribution in [0.4, 0.5) is 0 Å². The predicted molar refractivity (Wildman–Crippen MR) is 124 cm³/mol. The van der Waals surface area contributed by atoms with Gasteiger partial charge in [0.2, 0.25) is 5.16 Å². The summed E-state index contributed by atoms with van der Waals surface area (Å²) in [5.74, 6) is 1.81. The fourth-order valence-corrected chi connectivity index (χ4v) is 4.00. The van der Waals surface area contributed by atoms with Crippen molar-refractivity contribution in [3.63, 3.8) is 0 Å². The van der Waals surface area contributed by atoms with Crippen LogP contribution < -0.4 is 10.1 Å². The van der Waals surface area contributed by atoms with Crippen molar-refractivity contribution in [2.75, 3.05) is 18.9 Å². The third-order valence-corrected chi connectivity index (χ3v) is 5.47. The largest absolute Gasteiger partial charge is 0.494 e. The van der Waals surface area contributed by atoms with Gasteiger partial charge >= 0.3 is 0 Å². The standard InChI is InChI=1S/C22H23N5OS.ClH/c1-2-28-21-13-12-17-8-6-7-11-19(17)20(21)16-23-14-15-29-22-24-25-26-27(22)18-9-4-3-5-10-18;/h3-13,23H,2,14-16H2,1H3;1H. The molecule has 0 amide bonds. The molecule has 1 heterocycles. The second-order valence-electron chi connectivity index (χ2n) is 6.43. The van der Waals surface area contributed by atoms with Gasteiger partial charge in [-0.05, 0) is 46.3 Å². The maximum absolute atomic E-state index is 5.85. The molecular weight excluding hydrogens is 418 g/mol. The molecule has 6 nitrogen and oxygen atoms in total. The molecule has 4 rings (SSSR count). The lowest BCUT2D eigenvalue weighted by atomic mass is 10.0. The van der Waals surface area contributed by atoms with Crippen molar-refractivity contribution >= 4 is 34.9 Å². The van der Waals surface area contributed by atoms with E-state index < -0.39 is 0 Å². The molecule has 0 aliphatic heterocycles. The maximum Gasteiger partial charge on any atom is 0.214 e. The molecule has 8 heteroatoms. The highest BCUT2D eigenvalue weighted by Gasteiger charge is 2.10. The molecule has 1 aromatic heterocycles. The summed E-state index contributed by atoms with van der Waals surface area (Å²) in [6.07, 6.45) is 0. The summed E-state index contributed by atoms with van der Waals surface area (Å²) < 4.78 is 7.62. The average molecular weight is 442 g/mol. The van der Waals surface area contributed by atoms with Gasteiger partial charge in [-0.15, -0.1) is 17.5 Å². The Morgan fingerprint density at radius 3 is 2.63 bits per heavy atom. The van der Waals surface area contributed by atoms with Gasteiger partial charge in [-0.2, -0.15) is 4.68 Å². The van der Waals surface area contributed by atoms with Gasteiger partial charge in [0.05, 0.1) is 12.3 Å². The minimum Gasteiger partial charge on any atom is -0.494 e. The van der Waals surface area contributed by atoms with E-state index in [0.717, 1.165) is 35.4 Å². The Hall–Kier alpha value is -2.61. The minimum absolute atomic E-state index is 0. The van der Waals surface area contributed by atoms with Gasteiger partial charge in [0.1, 0.15) is 5.75 Å². The van der Waals surface area contributed by atoms with Crippen LogP contribution in [0.2, 0.25) is 0 Å². The lowest BCUT2D eigenvalue weighted by Crippen LogP contribution is -2.17. The fourth-order valence-electron chi connectivity index (χ4n) is 3.22. The first-order valence-corrected chi connectivity index (χ1v) is 10.7. The molecular formula is C22H24ClN5OS. The number of thioether (sulfide) groups is 1. The van der Waals surface area contributed by atoms with Crippen molar-refractivity contribution in [1.29, 1.82) is 0 Å². The third kappa shape index (κ3) is 5.11. The Bertz CT molecular complexity index is 1070. The fraction of sp³-hybridized carbons (Fsp3) is 0.227. The van der Waals surface area contributed by atoms with Gasteiger partial charge in [-0.25, -0.2) is 0 Å². The van der Waals surface area contributed by atoms with E-state index in [1.165, 1.54) is 16.3 Å². The molecule has 0 fully saturated rings. The van der Waals surface area contributed by atoms with Crippen molar-refractivity contribution in [3.05, 3.63) is 72.3 Å². The first-order chi connectivity index (χ1) is 14.4. The highest BCUT2D eigenvalue weighted by atomic mass is 35.5. The van der Waals surface area contributed by atoms with Crippen molar-refractivity contribution in [2.45, 2.75) is 18.6 Å². The van der Waals surface area contributed by atoms with E-state index in [9.17, 15) is 0 Å². The van der Waals surface area contributed by atoms with Crippen LogP contribution in [0.3, 0.4) is 0 Å². The number of para-hydroxylation sites is 1. The van der Waals surface area contributed by atoms with Crippen LogP contribution in [0, 0.1) is 0 Å². The first kappa shape index (κ1) is 22.1. The molecule has 0 atom stereocenters. The Kier molecular flexibility index (Phi) is 8.07. The van der Waals surface area contributed by atoms with Gasteiger partial charge in [0, 0.05) is 24.4 Å². The van der Waals surface area contributed by atoms with Crippen molar-refractivity contribution in [1.82, 2.24) is 25.5 Å². The summed E-state index contributed by atoms with van der Waals surface area (Å²) in [6.45, 7) is 4.26. The number of halogens is 1. The zero-order valence-electron chi connectivity index (χ0n) is 16.7. The monoisotopic (exact) mass is 441 g/mol. The van der Waals surface area contributed by atoms with Crippen LogP contribution in [0.15, 0.2) is 71.9 Å². The van der Waals surface area contributed by atoms with E-state index >= 15 is 0 Å². The quantitative estimate of drug-likeness (QED) is 0.304. The summed E-state index contributed by atoms with van der Waals surface area (Å²) in [5.41, 5.74) is 2.16. The van der Waals surface area contributed by atoms with Crippen LogP contribution in [0.1, 0.15) is 12.5 Å². The summed E-state index contributed by atoms with van der Waals surface area (Å²) >= 11 is 1.63. The van der Waals surface area contributed by atoms with E-state index in [2.05, 4.69) is 57.2 Å². The van der Waals surface area contributed by atoms with Crippen molar-refractivity contribution < 1.29 is 4.74 Å². The summed E-state index contributed by atoms with van der Waals surface area (Å²) in [4.78, 5) is 0. The lowest BCUT2D eigenvalue weighted by Gasteiger charge is -2.14. The molecule has 0 unspecified atom stereocenters. The molecule has 1 N–H and O–H groups in total. The number of hydrogen-bond donors (Lipinski definition) is 1. The second kappa shape index (κ2) is 11.0. The van der Waals surface area contributed by atoms with Crippen LogP contribution in [-0.2, 0) is 6.54 Å². The Morgan fingerprint density at radius 1 is 1.00 bits per heavy atom. The zero-order chi connectivity index (χ0) is 19.9. The Balaban J connectivity index is 0.00000256. The Labute approximate surface area is 186 Å². The van der Waals surface area contributed by atoms with Gasteiger partial charge < -0.3 is 10.1 Å². The number of tetrazole rings is 1. The number of ether oxygens (including phenoxy) is 1. The Morgan fingerprint density at radius 2 is 1.80 bits per heavy atom. The highest BCUT2D eigenvalue weighted by Crippen LogP contribution is 2.28. The maximum atomic E-state index is 5.85. The van der Waals surface area contributed by atoms with Gasteiger partial charge in [0.15, 0.2) is 0 Å². The summed E-state index contributed by atoms with van der Waals surface area (Å²) in [5, 5.41) is 18.8. The second-order valence-corrected chi connectivity index (χ2v) is 7.49. The topological polar surface area (TPSA) is 64.9 Å². The summed E-state index contributed by atoms with van der Waals surface area (Å²) in [7, 11) is 0. The molecule has 0 aliphatic rings. The molecule has 0 bridgehead atoms. The van der Waals surface area contributed by atoms with E-state index in [4.69, 9.17) is 4.74 Å². The van der Waals surface area contributed by atoms with Crippen molar-refractivity contribution in [3.8, 4) is 11.4 Å². The highest BCUT2D eigenvalue weighted by molar-refractivity contribution is 7.99. The number of rotatable bonds is 9. The average Bonchev–Trinajstić information content (AvgIpc) is 3.24. The number of nitrogens with one attached hydrogen (secondary N) is 1. The number of nitrogens with zero attached hydrogens (tertiary/aromatic N) is 4. The van der Waals surface area contributed by atoms with E-state index in [1.807, 2.05) is 37.3 Å². The third-order valence-electron chi connectivity index (χ3n) is 4.55. The number of benzene rings is 3. The zero-order valence-corrected chi connectivity index (χ0v) is 18.3. The number of fused-ring (bicyclic) bond motifs is 1. The molecule has 0 spiro atoms. The smallest absolute Gasteiger partial charge is 0.214 e. The van der Waals surface area contributed by atoms with E-state index in [0.29, 0.717) is 6.61 Å². The SMILES string of the molecule is CCOc1ccc2ccccc2c1CNCCSc1nnnn1-c1ccccc1.Cl. The minimum atomic E-state index is 0. The van der Waals surface area contributed by atoms with Gasteiger partial charge in [0.25, 0.3) is 0 Å². The van der Waals surface area contributed by atoms with Gasteiger partial charge in [-0.1, -0.05) is 60.3 Å². The molecule has 0 saturated heterocycles. The summed E-state index contributed by atoms with van der Waals surface area (Å²) in [6, 6.07) is 22.5. The van der Waals surface area contributed by atoms with E-state index in [1.54, 1.807) is 16.4 Å².